The molecule has 0 aliphatic heterocycles. The number of hydrogen-bond donors (Lipinski definition) is 6. The highest BCUT2D eigenvalue weighted by Crippen LogP contribution is 2.03. The van der Waals surface area contributed by atoms with Gasteiger partial charge in [-0.15, -0.1) is 0 Å². The summed E-state index contributed by atoms with van der Waals surface area (Å²) in [5.74, 6) is 0. The molecule has 12 heavy (non-hydrogen) atoms. The Morgan fingerprint density at radius 1 is 0.667 bits per heavy atom. The Labute approximate surface area is 69.3 Å². The van der Waals surface area contributed by atoms with Crippen molar-refractivity contribution in [3.63, 3.8) is 0 Å². The molecular formula is C6H14O6. The fourth-order valence-electron chi connectivity index (χ4n) is 0.671. The zero-order chi connectivity index (χ0) is 9.72. The summed E-state index contributed by atoms with van der Waals surface area (Å²) in [5.41, 5.74) is 0. The minimum atomic E-state index is -1.67. The highest BCUT2D eigenvalue weighted by molar-refractivity contribution is 4.79. The van der Waals surface area contributed by atoms with E-state index < -0.39 is 37.6 Å². The van der Waals surface area contributed by atoms with Gasteiger partial charge < -0.3 is 30.6 Å². The molecule has 0 aliphatic carbocycles. The molecule has 0 saturated heterocycles. The second kappa shape index (κ2) is 5.41. The molecule has 0 bridgehead atoms. The average molecular weight is 188 g/mol. The molecule has 0 aromatic carbocycles. The van der Waals surface area contributed by atoms with Gasteiger partial charge in [-0.05, 0) is 0 Å². The van der Waals surface area contributed by atoms with Crippen molar-refractivity contribution in [3.8, 4) is 0 Å². The fraction of sp³-hybridized carbons (Fsp3) is 1.00. The van der Waals surface area contributed by atoms with Crippen LogP contribution in [0.4, 0.5) is 0 Å². The van der Waals surface area contributed by atoms with Crippen molar-refractivity contribution in [1.82, 2.24) is 0 Å². The van der Waals surface area contributed by atoms with E-state index in [4.69, 9.17) is 30.6 Å². The quantitative estimate of drug-likeness (QED) is 0.248. The lowest BCUT2D eigenvalue weighted by Gasteiger charge is -2.24. The minimum absolute atomic E-state index is 0.726. The van der Waals surface area contributed by atoms with E-state index in [1.54, 1.807) is 0 Å². The molecule has 6 heteroatoms. The first-order valence-electron chi connectivity index (χ1n) is 3.48. The van der Waals surface area contributed by atoms with Gasteiger partial charge in [-0.2, -0.15) is 0 Å². The Hall–Kier alpha value is -0.240. The molecule has 0 aromatic heterocycles. The lowest BCUT2D eigenvalue weighted by atomic mass is 11.0. The lowest BCUT2D eigenvalue weighted by molar-refractivity contribution is -0.123. The van der Waals surface area contributed by atoms with E-state index in [2.05, 4.69) is 0 Å². The molecular weight excluding hydrogens is 174 g/mol. The largest absolute Gasteiger partial charge is 0.394 e. The first kappa shape index (κ1) is 11.8. The third-order valence-electron chi connectivity index (χ3n) is 1.51. The van der Waals surface area contributed by atoms with E-state index in [1.165, 1.54) is 0 Å². The van der Waals surface area contributed by atoms with Crippen molar-refractivity contribution in [1.29, 1.82) is 0 Å². The molecule has 0 heterocycles. The SMILES string of the molecule is O[13CH2][13C@@H](O)[13C@H](O)[13C@@H](O)[13C@@H](O)[13CH2]O. The molecule has 4 atom stereocenters. The van der Waals surface area contributed by atoms with E-state index in [9.17, 15) is 0 Å². The van der Waals surface area contributed by atoms with Gasteiger partial charge in [0, 0.05) is 0 Å². The predicted octanol–water partition coefficient (Wildman–Crippen LogP) is -3.59. The monoisotopic (exact) mass is 188 g/mol. The molecule has 6 N–H and O–H groups in total. The summed E-state index contributed by atoms with van der Waals surface area (Å²) in [6.07, 6.45) is -6.39. The molecule has 0 spiro atoms. The summed E-state index contributed by atoms with van der Waals surface area (Å²) in [4.78, 5) is 0. The third-order valence-corrected chi connectivity index (χ3v) is 1.51. The van der Waals surface area contributed by atoms with Gasteiger partial charge in [0.2, 0.25) is 0 Å². The van der Waals surface area contributed by atoms with Gasteiger partial charge in [0.05, 0.1) is 13.2 Å². The lowest BCUT2D eigenvalue weighted by Crippen LogP contribution is -2.46. The normalized spacial score (nSPS) is 21.5. The smallest absolute Gasteiger partial charge is 0.111 e. The molecule has 74 valence electrons. The summed E-state index contributed by atoms with van der Waals surface area (Å²) in [5, 5.41) is 52.2. The topological polar surface area (TPSA) is 121 Å². The van der Waals surface area contributed by atoms with Gasteiger partial charge in [-0.3, -0.25) is 0 Å². The van der Waals surface area contributed by atoms with E-state index in [1.807, 2.05) is 0 Å². The molecule has 6 nitrogen and oxygen atoms in total. The predicted molar refractivity (Wildman–Crippen MR) is 38.2 cm³/mol. The number of aliphatic hydroxyl groups is 6. The molecule has 0 aliphatic rings. The van der Waals surface area contributed by atoms with Gasteiger partial charge in [0.1, 0.15) is 24.4 Å². The maximum atomic E-state index is 8.96. The Bertz CT molecular complexity index is 105. The highest BCUT2D eigenvalue weighted by Gasteiger charge is 2.29. The summed E-state index contributed by atoms with van der Waals surface area (Å²) >= 11 is 0. The standard InChI is InChI=1S/C6H14O6/c7-1-3(9)5(11)6(12)4(10)2-8/h3-12H,1-2H2/t3-,4+,5-,6-/m0/s1/i1+1,2+1,3+1,4+1,5+1,6+1. The molecule has 0 radical (unpaired) electrons. The first-order chi connectivity index (χ1) is 5.54. The van der Waals surface area contributed by atoms with E-state index in [0.29, 0.717) is 0 Å². The maximum Gasteiger partial charge on any atom is 0.111 e. The Morgan fingerprint density at radius 3 is 1.08 bits per heavy atom. The summed E-state index contributed by atoms with van der Waals surface area (Å²) < 4.78 is 0. The van der Waals surface area contributed by atoms with Gasteiger partial charge in [-0.25, -0.2) is 0 Å². The maximum absolute atomic E-state index is 8.96. The van der Waals surface area contributed by atoms with Crippen LogP contribution in [0.5, 0.6) is 0 Å². The zero-order valence-electron chi connectivity index (χ0n) is 6.41. The molecule has 0 aromatic rings. The summed E-state index contributed by atoms with van der Waals surface area (Å²) in [6.45, 7) is -1.45. The van der Waals surface area contributed by atoms with E-state index in [0.717, 1.165) is 0 Å². The second-order valence-electron chi connectivity index (χ2n) is 2.48. The number of aliphatic hydroxyl groups excluding tert-OH is 6. The highest BCUT2D eigenvalue weighted by atomic mass is 16.6. The van der Waals surface area contributed by atoms with E-state index >= 15 is 0 Å². The molecule has 0 rings (SSSR count). The Morgan fingerprint density at radius 2 is 0.917 bits per heavy atom. The minimum Gasteiger partial charge on any atom is -0.394 e. The Kier molecular flexibility index (Phi) is 5.31. The van der Waals surface area contributed by atoms with Crippen LogP contribution < -0.4 is 0 Å². The van der Waals surface area contributed by atoms with Crippen LogP contribution in [-0.4, -0.2) is 68.3 Å². The Balaban J connectivity index is 3.99. The summed E-state index contributed by atoms with van der Waals surface area (Å²) in [6, 6.07) is 0. The first-order valence-corrected chi connectivity index (χ1v) is 3.48. The van der Waals surface area contributed by atoms with Gasteiger partial charge >= 0.3 is 0 Å². The molecule has 0 saturated carbocycles. The zero-order valence-corrected chi connectivity index (χ0v) is 6.41. The van der Waals surface area contributed by atoms with Crippen LogP contribution in [0, 0.1) is 0 Å². The average Bonchev–Trinajstić information content (AvgIpc) is 2.12. The van der Waals surface area contributed by atoms with E-state index in [-0.39, 0.29) is 0 Å². The van der Waals surface area contributed by atoms with Gasteiger partial charge in [-0.1, -0.05) is 0 Å². The van der Waals surface area contributed by atoms with Crippen molar-refractivity contribution < 1.29 is 30.6 Å². The van der Waals surface area contributed by atoms with Crippen molar-refractivity contribution in [2.75, 3.05) is 13.2 Å². The van der Waals surface area contributed by atoms with Crippen LogP contribution in [0.3, 0.4) is 0 Å². The van der Waals surface area contributed by atoms with Gasteiger partial charge in [0.25, 0.3) is 0 Å². The fourth-order valence-corrected chi connectivity index (χ4v) is 0.671. The van der Waals surface area contributed by atoms with Crippen LogP contribution in [0.15, 0.2) is 0 Å². The number of rotatable bonds is 5. The van der Waals surface area contributed by atoms with Crippen molar-refractivity contribution in [3.05, 3.63) is 0 Å². The van der Waals surface area contributed by atoms with Crippen LogP contribution in [0.2, 0.25) is 0 Å². The van der Waals surface area contributed by atoms with Crippen LogP contribution >= 0.6 is 0 Å². The van der Waals surface area contributed by atoms with Crippen LogP contribution in [0.25, 0.3) is 0 Å². The van der Waals surface area contributed by atoms with Crippen molar-refractivity contribution in [2.24, 2.45) is 0 Å². The molecule has 0 amide bonds. The van der Waals surface area contributed by atoms with Crippen molar-refractivity contribution in [2.45, 2.75) is 24.4 Å². The van der Waals surface area contributed by atoms with Crippen LogP contribution in [-0.2, 0) is 0 Å². The number of hydrogen-bond acceptors (Lipinski definition) is 6. The molecule has 0 fully saturated rings. The van der Waals surface area contributed by atoms with Crippen molar-refractivity contribution >= 4 is 0 Å². The molecule has 0 unspecified atom stereocenters. The second-order valence-corrected chi connectivity index (χ2v) is 2.48. The van der Waals surface area contributed by atoms with Gasteiger partial charge in [0.15, 0.2) is 0 Å². The summed E-state index contributed by atoms with van der Waals surface area (Å²) in [7, 11) is 0. The van der Waals surface area contributed by atoms with Crippen LogP contribution in [0.1, 0.15) is 0 Å². The third kappa shape index (κ3) is 3.02.